The highest BCUT2D eigenvalue weighted by molar-refractivity contribution is 6.06. The number of hydrogen-bond acceptors (Lipinski definition) is 3. The number of halogens is 2. The summed E-state index contributed by atoms with van der Waals surface area (Å²) in [5.74, 6) is 0.915. The molecule has 1 saturated heterocycles. The molecule has 3 aromatic rings. The average molecular weight is 446 g/mol. The zero-order valence-corrected chi connectivity index (χ0v) is 19.0. The van der Waals surface area contributed by atoms with Gasteiger partial charge in [0, 0.05) is 30.1 Å². The van der Waals surface area contributed by atoms with Crippen LogP contribution in [0.15, 0.2) is 60.7 Å². The van der Waals surface area contributed by atoms with Gasteiger partial charge >= 0.3 is 0 Å². The number of pyridine rings is 1. The molecule has 0 saturated carbocycles. The molecule has 1 amide bonds. The van der Waals surface area contributed by atoms with Crippen LogP contribution in [0.2, 0.25) is 0 Å². The number of hydrogen-bond donors (Lipinski definition) is 1. The SMILES string of the molecule is CC(C)c1cc(C(=O)N2C[C@@H](CN)[C@H](c3ccccc3)C2)c2ccccc2n1.Cl.Cl. The first-order chi connectivity index (χ1) is 13.6. The number of nitrogens with zero attached hydrogens (tertiary/aromatic N) is 2. The van der Waals surface area contributed by atoms with Gasteiger partial charge in [0.2, 0.25) is 0 Å². The van der Waals surface area contributed by atoms with E-state index in [4.69, 9.17) is 10.7 Å². The Balaban J connectivity index is 0.00000160. The lowest BCUT2D eigenvalue weighted by Crippen LogP contribution is -2.30. The van der Waals surface area contributed by atoms with Crippen molar-refractivity contribution in [3.8, 4) is 0 Å². The molecule has 1 aliphatic heterocycles. The van der Waals surface area contributed by atoms with E-state index < -0.39 is 0 Å². The van der Waals surface area contributed by atoms with Gasteiger partial charge in [0.25, 0.3) is 5.91 Å². The highest BCUT2D eigenvalue weighted by Gasteiger charge is 2.36. The smallest absolute Gasteiger partial charge is 0.254 e. The van der Waals surface area contributed by atoms with Crippen LogP contribution in [-0.4, -0.2) is 35.4 Å². The molecule has 6 heteroatoms. The summed E-state index contributed by atoms with van der Waals surface area (Å²) < 4.78 is 0. The van der Waals surface area contributed by atoms with Crippen molar-refractivity contribution in [1.29, 1.82) is 0 Å². The zero-order valence-electron chi connectivity index (χ0n) is 17.3. The van der Waals surface area contributed by atoms with Gasteiger partial charge in [-0.3, -0.25) is 9.78 Å². The van der Waals surface area contributed by atoms with Crippen molar-refractivity contribution >= 4 is 41.6 Å². The van der Waals surface area contributed by atoms with E-state index >= 15 is 0 Å². The number of fused-ring (bicyclic) bond motifs is 1. The van der Waals surface area contributed by atoms with Gasteiger partial charge in [-0.05, 0) is 36.1 Å². The van der Waals surface area contributed by atoms with Gasteiger partial charge in [-0.2, -0.15) is 0 Å². The monoisotopic (exact) mass is 445 g/mol. The number of benzene rings is 2. The summed E-state index contributed by atoms with van der Waals surface area (Å²) in [6.07, 6.45) is 0. The van der Waals surface area contributed by atoms with E-state index in [0.29, 0.717) is 19.6 Å². The number of para-hydroxylation sites is 1. The first-order valence-corrected chi connectivity index (χ1v) is 10.0. The topological polar surface area (TPSA) is 59.2 Å². The predicted octanol–water partition coefficient (Wildman–Crippen LogP) is 5.02. The van der Waals surface area contributed by atoms with E-state index in [1.54, 1.807) is 0 Å². The molecule has 0 radical (unpaired) electrons. The highest BCUT2D eigenvalue weighted by atomic mass is 35.5. The van der Waals surface area contributed by atoms with E-state index in [1.807, 2.05) is 41.3 Å². The molecule has 2 heterocycles. The molecular formula is C24H29Cl2N3O. The first kappa shape index (κ1) is 24.1. The molecule has 4 nitrogen and oxygen atoms in total. The lowest BCUT2D eigenvalue weighted by molar-refractivity contribution is 0.0788. The second-order valence-corrected chi connectivity index (χ2v) is 7.99. The Bertz CT molecular complexity index is 994. The van der Waals surface area contributed by atoms with Crippen LogP contribution in [-0.2, 0) is 0 Å². The number of nitrogens with two attached hydrogens (primary N) is 1. The molecule has 30 heavy (non-hydrogen) atoms. The third kappa shape index (κ3) is 4.61. The minimum atomic E-state index is 0. The fourth-order valence-electron chi connectivity index (χ4n) is 4.19. The van der Waals surface area contributed by atoms with Crippen LogP contribution < -0.4 is 5.73 Å². The summed E-state index contributed by atoms with van der Waals surface area (Å²) in [7, 11) is 0. The van der Waals surface area contributed by atoms with Crippen molar-refractivity contribution in [2.24, 2.45) is 11.7 Å². The van der Waals surface area contributed by atoms with E-state index in [9.17, 15) is 4.79 Å². The summed E-state index contributed by atoms with van der Waals surface area (Å²) in [6, 6.07) is 20.3. The lowest BCUT2D eigenvalue weighted by atomic mass is 9.89. The van der Waals surface area contributed by atoms with E-state index in [1.165, 1.54) is 5.56 Å². The van der Waals surface area contributed by atoms with Crippen molar-refractivity contribution in [1.82, 2.24) is 9.88 Å². The quantitative estimate of drug-likeness (QED) is 0.613. The molecule has 1 aromatic heterocycles. The Morgan fingerprint density at radius 2 is 1.73 bits per heavy atom. The Morgan fingerprint density at radius 1 is 1.07 bits per heavy atom. The number of aromatic nitrogens is 1. The molecule has 1 aliphatic rings. The normalized spacial score (nSPS) is 18.2. The summed E-state index contributed by atoms with van der Waals surface area (Å²) in [5.41, 5.74) is 9.91. The van der Waals surface area contributed by atoms with Gasteiger partial charge in [-0.25, -0.2) is 0 Å². The fraction of sp³-hybridized carbons (Fsp3) is 0.333. The zero-order chi connectivity index (χ0) is 19.7. The number of likely N-dealkylation sites (tertiary alicyclic amines) is 1. The van der Waals surface area contributed by atoms with Gasteiger partial charge in [0.05, 0.1) is 11.1 Å². The Hall–Kier alpha value is -2.14. The van der Waals surface area contributed by atoms with E-state index in [-0.39, 0.29) is 48.5 Å². The van der Waals surface area contributed by atoms with Crippen molar-refractivity contribution in [2.45, 2.75) is 25.7 Å². The number of rotatable bonds is 4. The van der Waals surface area contributed by atoms with Gasteiger partial charge < -0.3 is 10.6 Å². The maximum absolute atomic E-state index is 13.5. The van der Waals surface area contributed by atoms with Gasteiger partial charge in [-0.1, -0.05) is 62.4 Å². The molecule has 2 aromatic carbocycles. The predicted molar refractivity (Wildman–Crippen MR) is 128 cm³/mol. The molecule has 0 bridgehead atoms. The molecule has 2 N–H and O–H groups in total. The molecule has 2 atom stereocenters. The Morgan fingerprint density at radius 3 is 2.40 bits per heavy atom. The third-order valence-corrected chi connectivity index (χ3v) is 5.82. The van der Waals surface area contributed by atoms with Crippen molar-refractivity contribution in [2.75, 3.05) is 19.6 Å². The Labute approximate surface area is 190 Å². The van der Waals surface area contributed by atoms with Crippen molar-refractivity contribution in [3.05, 3.63) is 77.5 Å². The third-order valence-electron chi connectivity index (χ3n) is 5.82. The minimum absolute atomic E-state index is 0. The largest absolute Gasteiger partial charge is 0.338 e. The van der Waals surface area contributed by atoms with Crippen LogP contribution in [0.1, 0.15) is 47.3 Å². The van der Waals surface area contributed by atoms with Crippen LogP contribution in [0.5, 0.6) is 0 Å². The number of carbonyl (C=O) groups is 1. The second-order valence-electron chi connectivity index (χ2n) is 7.99. The summed E-state index contributed by atoms with van der Waals surface area (Å²) in [6.45, 7) is 6.20. The summed E-state index contributed by atoms with van der Waals surface area (Å²) >= 11 is 0. The maximum atomic E-state index is 13.5. The molecular weight excluding hydrogens is 417 g/mol. The minimum Gasteiger partial charge on any atom is -0.338 e. The summed E-state index contributed by atoms with van der Waals surface area (Å²) in [4.78, 5) is 20.3. The van der Waals surface area contributed by atoms with Crippen LogP contribution in [0.3, 0.4) is 0 Å². The van der Waals surface area contributed by atoms with Crippen LogP contribution >= 0.6 is 24.8 Å². The van der Waals surface area contributed by atoms with Crippen LogP contribution in [0.4, 0.5) is 0 Å². The Kier molecular flexibility index (Phi) is 8.25. The van der Waals surface area contributed by atoms with Crippen LogP contribution in [0.25, 0.3) is 10.9 Å². The molecule has 1 fully saturated rings. The van der Waals surface area contributed by atoms with Gasteiger partial charge in [0.1, 0.15) is 0 Å². The molecule has 4 rings (SSSR count). The highest BCUT2D eigenvalue weighted by Crippen LogP contribution is 2.34. The van der Waals surface area contributed by atoms with Crippen LogP contribution in [0, 0.1) is 5.92 Å². The lowest BCUT2D eigenvalue weighted by Gasteiger charge is -2.19. The first-order valence-electron chi connectivity index (χ1n) is 10.0. The standard InChI is InChI=1S/C24H27N3O.2ClH/c1-16(2)23-12-20(19-10-6-7-11-22(19)26-23)24(28)27-14-18(13-25)21(15-27)17-8-4-3-5-9-17;;/h3-12,16,18,21H,13-15,25H2,1-2H3;2*1H/t18-,21+;;/m1../s1. The van der Waals surface area contributed by atoms with Gasteiger partial charge in [0.15, 0.2) is 0 Å². The molecule has 160 valence electrons. The maximum Gasteiger partial charge on any atom is 0.254 e. The number of amides is 1. The van der Waals surface area contributed by atoms with Crippen molar-refractivity contribution in [3.63, 3.8) is 0 Å². The number of carbonyl (C=O) groups excluding carboxylic acids is 1. The molecule has 0 spiro atoms. The van der Waals surface area contributed by atoms with Crippen molar-refractivity contribution < 1.29 is 4.79 Å². The fourth-order valence-corrected chi connectivity index (χ4v) is 4.19. The molecule has 0 unspecified atom stereocenters. The van der Waals surface area contributed by atoms with Gasteiger partial charge in [-0.15, -0.1) is 24.8 Å². The second kappa shape index (κ2) is 10.3. The molecule has 0 aliphatic carbocycles. The average Bonchev–Trinajstić information content (AvgIpc) is 3.17. The van der Waals surface area contributed by atoms with E-state index in [0.717, 1.165) is 22.2 Å². The summed E-state index contributed by atoms with van der Waals surface area (Å²) in [5, 5.41) is 0.921. The van der Waals surface area contributed by atoms with E-state index in [2.05, 4.69) is 38.1 Å².